The van der Waals surface area contributed by atoms with Gasteiger partial charge in [0.2, 0.25) is 5.91 Å². The summed E-state index contributed by atoms with van der Waals surface area (Å²) in [5.41, 5.74) is 6.02. The second kappa shape index (κ2) is 4.87. The highest BCUT2D eigenvalue weighted by molar-refractivity contribution is 5.84. The monoisotopic (exact) mass is 158 g/mol. The van der Waals surface area contributed by atoms with Crippen molar-refractivity contribution in [3.8, 4) is 0 Å². The van der Waals surface area contributed by atoms with Gasteiger partial charge in [-0.15, -0.1) is 0 Å². The molecule has 0 aliphatic heterocycles. The summed E-state index contributed by atoms with van der Waals surface area (Å²) in [7, 11) is 0. The van der Waals surface area contributed by atoms with E-state index in [0.717, 1.165) is 0 Å². The molecule has 0 aromatic carbocycles. The molecule has 0 saturated heterocycles. The van der Waals surface area contributed by atoms with Gasteiger partial charge >= 0.3 is 0 Å². The van der Waals surface area contributed by atoms with E-state index in [9.17, 15) is 4.79 Å². The van der Waals surface area contributed by atoms with E-state index in [2.05, 4.69) is 11.9 Å². The molecule has 0 rings (SSSR count). The van der Waals surface area contributed by atoms with E-state index in [0.29, 0.717) is 5.57 Å². The number of aliphatic hydroxyl groups excluding tert-OH is 1. The molecule has 64 valence electrons. The molecular weight excluding hydrogens is 144 g/mol. The Morgan fingerprint density at radius 1 is 1.82 bits per heavy atom. The molecule has 1 atom stereocenters. The number of aliphatic hydroxyl groups is 1. The summed E-state index contributed by atoms with van der Waals surface area (Å²) in [5, 5.41) is 10.8. The van der Waals surface area contributed by atoms with Crippen LogP contribution in [0.25, 0.3) is 0 Å². The van der Waals surface area contributed by atoms with Crippen LogP contribution >= 0.6 is 0 Å². The molecule has 0 spiro atoms. The normalized spacial score (nSPS) is 12.3. The fourth-order valence-electron chi connectivity index (χ4n) is 0.513. The number of amides is 1. The summed E-state index contributed by atoms with van der Waals surface area (Å²) in [6, 6.07) is -0.665. The summed E-state index contributed by atoms with van der Waals surface area (Å²) in [6.07, 6.45) is 0. The molecule has 1 amide bonds. The lowest BCUT2D eigenvalue weighted by Crippen LogP contribution is -2.42. The van der Waals surface area contributed by atoms with E-state index in [1.54, 1.807) is 6.92 Å². The first-order chi connectivity index (χ1) is 5.09. The van der Waals surface area contributed by atoms with Crippen molar-refractivity contribution in [2.24, 2.45) is 5.73 Å². The molecular formula is C7H14N2O2. The van der Waals surface area contributed by atoms with Gasteiger partial charge in [0.1, 0.15) is 6.04 Å². The van der Waals surface area contributed by atoms with Crippen molar-refractivity contribution < 1.29 is 9.90 Å². The van der Waals surface area contributed by atoms with Gasteiger partial charge in [-0.25, -0.2) is 0 Å². The number of hydrogen-bond donors (Lipinski definition) is 3. The van der Waals surface area contributed by atoms with Crippen molar-refractivity contribution in [3.63, 3.8) is 0 Å². The van der Waals surface area contributed by atoms with Crippen molar-refractivity contribution in [1.29, 1.82) is 0 Å². The van der Waals surface area contributed by atoms with E-state index in [-0.39, 0.29) is 19.1 Å². The van der Waals surface area contributed by atoms with Crippen LogP contribution in [0, 0.1) is 0 Å². The third-order valence-corrected chi connectivity index (χ3v) is 1.22. The van der Waals surface area contributed by atoms with Gasteiger partial charge in [-0.05, 0) is 6.92 Å². The molecule has 4 heteroatoms. The first kappa shape index (κ1) is 10.1. The third kappa shape index (κ3) is 3.75. The van der Waals surface area contributed by atoms with E-state index in [1.165, 1.54) is 0 Å². The summed E-state index contributed by atoms with van der Waals surface area (Å²) in [4.78, 5) is 10.9. The number of carbonyl (C=O) groups excluding carboxylic acids is 1. The SMILES string of the molecule is C=C(C)[C@H](N)C(=O)NCCO. The van der Waals surface area contributed by atoms with Crippen LogP contribution < -0.4 is 11.1 Å². The predicted molar refractivity (Wildman–Crippen MR) is 42.9 cm³/mol. The zero-order chi connectivity index (χ0) is 8.85. The number of hydrogen-bond acceptors (Lipinski definition) is 3. The van der Waals surface area contributed by atoms with Crippen LogP contribution in [0.4, 0.5) is 0 Å². The van der Waals surface area contributed by atoms with Gasteiger partial charge in [0.15, 0.2) is 0 Å². The van der Waals surface area contributed by atoms with Crippen LogP contribution in [0.5, 0.6) is 0 Å². The van der Waals surface area contributed by atoms with Crippen LogP contribution in [-0.4, -0.2) is 30.2 Å². The average Bonchev–Trinajstić information content (AvgIpc) is 1.98. The summed E-state index contributed by atoms with van der Waals surface area (Å²) >= 11 is 0. The molecule has 0 aliphatic carbocycles. The molecule has 0 saturated carbocycles. The number of carbonyl (C=O) groups is 1. The van der Waals surface area contributed by atoms with Crippen LogP contribution in [0.3, 0.4) is 0 Å². The van der Waals surface area contributed by atoms with Gasteiger partial charge in [0.25, 0.3) is 0 Å². The van der Waals surface area contributed by atoms with E-state index in [4.69, 9.17) is 10.8 Å². The van der Waals surface area contributed by atoms with Gasteiger partial charge in [-0.2, -0.15) is 0 Å². The van der Waals surface area contributed by atoms with Gasteiger partial charge in [-0.1, -0.05) is 12.2 Å². The molecule has 0 unspecified atom stereocenters. The van der Waals surface area contributed by atoms with Gasteiger partial charge < -0.3 is 16.2 Å². The van der Waals surface area contributed by atoms with Crippen LogP contribution in [0.15, 0.2) is 12.2 Å². The number of nitrogens with two attached hydrogens (primary N) is 1. The molecule has 0 radical (unpaired) electrons. The minimum absolute atomic E-state index is 0.0748. The molecule has 0 fully saturated rings. The minimum Gasteiger partial charge on any atom is -0.395 e. The molecule has 0 heterocycles. The highest BCUT2D eigenvalue weighted by atomic mass is 16.3. The lowest BCUT2D eigenvalue weighted by Gasteiger charge is -2.10. The fraction of sp³-hybridized carbons (Fsp3) is 0.571. The van der Waals surface area contributed by atoms with Crippen molar-refractivity contribution in [2.75, 3.05) is 13.2 Å². The van der Waals surface area contributed by atoms with E-state index in [1.807, 2.05) is 0 Å². The highest BCUT2D eigenvalue weighted by Crippen LogP contribution is 1.92. The average molecular weight is 158 g/mol. The molecule has 4 nitrogen and oxygen atoms in total. The second-order valence-corrected chi connectivity index (χ2v) is 2.34. The molecule has 0 aromatic heterocycles. The third-order valence-electron chi connectivity index (χ3n) is 1.22. The Labute approximate surface area is 66.1 Å². The Hall–Kier alpha value is -0.870. The summed E-state index contributed by atoms with van der Waals surface area (Å²) in [6.45, 7) is 5.38. The number of nitrogens with one attached hydrogen (secondary N) is 1. The Bertz CT molecular complexity index is 157. The van der Waals surface area contributed by atoms with Crippen LogP contribution in [0.1, 0.15) is 6.92 Å². The Kier molecular flexibility index (Phi) is 4.49. The minimum atomic E-state index is -0.665. The van der Waals surface area contributed by atoms with Crippen molar-refractivity contribution in [3.05, 3.63) is 12.2 Å². The quantitative estimate of drug-likeness (QED) is 0.459. The molecule has 11 heavy (non-hydrogen) atoms. The first-order valence-electron chi connectivity index (χ1n) is 3.39. The Morgan fingerprint density at radius 3 is 2.73 bits per heavy atom. The van der Waals surface area contributed by atoms with Crippen molar-refractivity contribution in [2.45, 2.75) is 13.0 Å². The largest absolute Gasteiger partial charge is 0.395 e. The molecule has 0 aliphatic rings. The van der Waals surface area contributed by atoms with Gasteiger partial charge in [0, 0.05) is 6.54 Å². The maximum Gasteiger partial charge on any atom is 0.241 e. The van der Waals surface area contributed by atoms with Crippen molar-refractivity contribution >= 4 is 5.91 Å². The molecule has 0 bridgehead atoms. The maximum absolute atomic E-state index is 10.9. The van der Waals surface area contributed by atoms with Gasteiger partial charge in [-0.3, -0.25) is 4.79 Å². The number of rotatable bonds is 4. The fourth-order valence-corrected chi connectivity index (χ4v) is 0.513. The molecule has 0 aromatic rings. The molecule has 4 N–H and O–H groups in total. The second-order valence-electron chi connectivity index (χ2n) is 2.34. The zero-order valence-corrected chi connectivity index (χ0v) is 6.63. The lowest BCUT2D eigenvalue weighted by atomic mass is 10.1. The summed E-state index contributed by atoms with van der Waals surface area (Å²) in [5.74, 6) is -0.299. The topological polar surface area (TPSA) is 75.4 Å². The lowest BCUT2D eigenvalue weighted by molar-refractivity contribution is -0.121. The van der Waals surface area contributed by atoms with E-state index < -0.39 is 6.04 Å². The standard InChI is InChI=1S/C7H14N2O2/c1-5(2)6(8)7(11)9-3-4-10/h6,10H,1,3-4,8H2,2H3,(H,9,11)/t6-/m0/s1. The van der Waals surface area contributed by atoms with E-state index >= 15 is 0 Å². The Balaban J connectivity index is 3.74. The van der Waals surface area contributed by atoms with Gasteiger partial charge in [0.05, 0.1) is 6.61 Å². The highest BCUT2D eigenvalue weighted by Gasteiger charge is 2.11. The smallest absolute Gasteiger partial charge is 0.241 e. The first-order valence-corrected chi connectivity index (χ1v) is 3.39. The van der Waals surface area contributed by atoms with Crippen LogP contribution in [0.2, 0.25) is 0 Å². The Morgan fingerprint density at radius 2 is 2.36 bits per heavy atom. The summed E-state index contributed by atoms with van der Waals surface area (Å²) < 4.78 is 0. The zero-order valence-electron chi connectivity index (χ0n) is 6.63. The van der Waals surface area contributed by atoms with Crippen LogP contribution in [-0.2, 0) is 4.79 Å². The maximum atomic E-state index is 10.9. The predicted octanol–water partition coefficient (Wildman–Crippen LogP) is -1.00. The van der Waals surface area contributed by atoms with Crippen molar-refractivity contribution in [1.82, 2.24) is 5.32 Å².